The van der Waals surface area contributed by atoms with Gasteiger partial charge in [0.1, 0.15) is 6.04 Å². The Morgan fingerprint density at radius 2 is 2.06 bits per heavy atom. The van der Waals surface area contributed by atoms with Crippen LogP contribution in [-0.4, -0.2) is 75.0 Å². The van der Waals surface area contributed by atoms with Gasteiger partial charge in [-0.15, -0.1) is 18.3 Å². The lowest BCUT2D eigenvalue weighted by Crippen LogP contribution is -2.57. The normalized spacial score (nSPS) is 30.9. The van der Waals surface area contributed by atoms with Gasteiger partial charge in [0.05, 0.1) is 23.2 Å². The quantitative estimate of drug-likeness (QED) is 0.286. The summed E-state index contributed by atoms with van der Waals surface area (Å²) in [5.41, 5.74) is 1.01. The number of nitrogens with zero attached hydrogens (tertiary/aromatic N) is 2. The molecule has 0 saturated carbocycles. The van der Waals surface area contributed by atoms with Crippen molar-refractivity contribution in [2.45, 2.75) is 55.7 Å². The minimum absolute atomic E-state index is 0.0186. The van der Waals surface area contributed by atoms with Crippen LogP contribution < -0.4 is 0 Å². The molecule has 7 nitrogen and oxygen atoms in total. The van der Waals surface area contributed by atoms with Crippen molar-refractivity contribution in [3.63, 3.8) is 0 Å². The fourth-order valence-corrected chi connectivity index (χ4v) is 8.71. The summed E-state index contributed by atoms with van der Waals surface area (Å²) >= 11 is 1.66. The summed E-state index contributed by atoms with van der Waals surface area (Å²) in [7, 11) is 0. The molecule has 2 bridgehead atoms. The topological polar surface area (TPSA) is 87.2 Å². The maximum absolute atomic E-state index is 14.3. The zero-order chi connectivity index (χ0) is 25.2. The summed E-state index contributed by atoms with van der Waals surface area (Å²) in [6.07, 6.45) is 3.65. The highest BCUT2D eigenvalue weighted by molar-refractivity contribution is 8.02. The summed E-state index contributed by atoms with van der Waals surface area (Å²) < 4.78 is 4.74. The smallest absolute Gasteiger partial charge is 0.310 e. The second-order valence-corrected chi connectivity index (χ2v) is 11.3. The van der Waals surface area contributed by atoms with Gasteiger partial charge >= 0.3 is 5.97 Å². The van der Waals surface area contributed by atoms with Crippen LogP contribution in [-0.2, 0) is 25.7 Å². The predicted octanol–water partition coefficient (Wildman–Crippen LogP) is 2.87. The largest absolute Gasteiger partial charge is 0.466 e. The molecule has 4 rings (SSSR count). The molecule has 8 heteroatoms. The summed E-state index contributed by atoms with van der Waals surface area (Å²) in [6, 6.07) is 9.14. The molecular weight excluding hydrogens is 464 g/mol. The third-order valence-electron chi connectivity index (χ3n) is 7.72. The maximum Gasteiger partial charge on any atom is 0.310 e. The molecule has 3 fully saturated rings. The number of carbonyl (C=O) groups excluding carboxylic acids is 3. The van der Waals surface area contributed by atoms with Crippen molar-refractivity contribution in [3.05, 3.63) is 48.6 Å². The fourth-order valence-electron chi connectivity index (χ4n) is 6.31. The van der Waals surface area contributed by atoms with E-state index in [0.29, 0.717) is 32.5 Å². The molecule has 1 spiro atoms. The average Bonchev–Trinajstić information content (AvgIpc) is 3.43. The van der Waals surface area contributed by atoms with Gasteiger partial charge < -0.3 is 19.6 Å². The number of esters is 1. The van der Waals surface area contributed by atoms with Crippen LogP contribution in [0.25, 0.3) is 0 Å². The Balaban J connectivity index is 1.73. The summed E-state index contributed by atoms with van der Waals surface area (Å²) in [4.78, 5) is 44.7. The second kappa shape index (κ2) is 10.7. The Hall–Kier alpha value is -2.32. The highest BCUT2D eigenvalue weighted by atomic mass is 32.2. The number of hydrogen-bond acceptors (Lipinski definition) is 6. The number of amides is 2. The van der Waals surface area contributed by atoms with Crippen molar-refractivity contribution in [1.82, 2.24) is 9.80 Å². The highest BCUT2D eigenvalue weighted by Crippen LogP contribution is 2.68. The van der Waals surface area contributed by atoms with Crippen LogP contribution in [0.5, 0.6) is 0 Å². The van der Waals surface area contributed by atoms with Crippen LogP contribution in [0.15, 0.2) is 43.0 Å². The number of likely N-dealkylation sites (tertiary alicyclic amines) is 1. The number of hydrogen-bond donors (Lipinski definition) is 1. The molecule has 0 aromatic heterocycles. The first-order chi connectivity index (χ1) is 16.9. The van der Waals surface area contributed by atoms with E-state index >= 15 is 0 Å². The van der Waals surface area contributed by atoms with Crippen LogP contribution in [0.1, 0.15) is 38.7 Å². The van der Waals surface area contributed by atoms with Gasteiger partial charge in [0.2, 0.25) is 11.8 Å². The van der Waals surface area contributed by atoms with Crippen molar-refractivity contribution < 1.29 is 24.2 Å². The molecular formula is C27H36N2O5S. The first-order valence-electron chi connectivity index (χ1n) is 12.6. The fraction of sp³-hybridized carbons (Fsp3) is 0.593. The molecule has 3 saturated heterocycles. The molecule has 1 aromatic rings. The number of aliphatic hydroxyl groups excluding tert-OH is 1. The van der Waals surface area contributed by atoms with Gasteiger partial charge in [-0.05, 0) is 37.7 Å². The van der Waals surface area contributed by atoms with Crippen molar-refractivity contribution in [2.75, 3.05) is 26.3 Å². The monoisotopic (exact) mass is 500 g/mol. The molecule has 3 aliphatic heterocycles. The Morgan fingerprint density at radius 3 is 2.71 bits per heavy atom. The molecule has 0 radical (unpaired) electrons. The minimum Gasteiger partial charge on any atom is -0.466 e. The number of unbranched alkanes of at least 4 members (excludes halogenated alkanes) is 1. The summed E-state index contributed by atoms with van der Waals surface area (Å²) in [5, 5.41) is 9.31. The third kappa shape index (κ3) is 4.40. The Kier molecular flexibility index (Phi) is 7.91. The number of ether oxygens (including phenoxy) is 1. The van der Waals surface area contributed by atoms with Crippen LogP contribution in [0, 0.1) is 17.8 Å². The SMILES string of the molecule is C=CCN(Cc1ccccc1)C(=O)C1N(CCCCO)C(=O)[C@@H]2[C@H](C(=O)OCC)[C@@H]3CC(C)C12S3. The molecule has 1 aromatic carbocycles. The highest BCUT2D eigenvalue weighted by Gasteiger charge is 2.76. The molecule has 6 atom stereocenters. The molecule has 190 valence electrons. The third-order valence-corrected chi connectivity index (χ3v) is 9.80. The van der Waals surface area contributed by atoms with Gasteiger partial charge in [-0.25, -0.2) is 0 Å². The standard InChI is InChI=1S/C27H36N2O5S/c1-4-13-28(17-19-11-7-6-8-12-19)25(32)23-27-18(3)16-20(35-27)21(26(33)34-5-2)22(27)24(31)29(23)14-9-10-15-30/h4,6-8,11-12,18,20-23,30H,1,5,9-10,13-17H2,2-3H3/t18?,20-,21+,22-,23?,27?/m0/s1. The van der Waals surface area contributed by atoms with Gasteiger partial charge in [-0.1, -0.05) is 43.3 Å². The molecule has 0 aliphatic carbocycles. The van der Waals surface area contributed by atoms with Crippen molar-refractivity contribution in [1.29, 1.82) is 0 Å². The maximum atomic E-state index is 14.3. The van der Waals surface area contributed by atoms with E-state index in [1.54, 1.807) is 34.6 Å². The molecule has 3 aliphatic rings. The van der Waals surface area contributed by atoms with Crippen molar-refractivity contribution in [2.24, 2.45) is 17.8 Å². The van der Waals surface area contributed by atoms with Gasteiger partial charge in [0, 0.05) is 31.5 Å². The Bertz CT molecular complexity index is 956. The van der Waals surface area contributed by atoms with Crippen molar-refractivity contribution in [3.8, 4) is 0 Å². The van der Waals surface area contributed by atoms with E-state index in [1.807, 2.05) is 30.3 Å². The summed E-state index contributed by atoms with van der Waals surface area (Å²) in [6.45, 7) is 9.22. The Labute approximate surface area is 211 Å². The van der Waals surface area contributed by atoms with E-state index in [-0.39, 0.29) is 42.2 Å². The number of fused-ring (bicyclic) bond motifs is 1. The van der Waals surface area contributed by atoms with Crippen LogP contribution >= 0.6 is 11.8 Å². The molecule has 35 heavy (non-hydrogen) atoms. The van der Waals surface area contributed by atoms with Gasteiger partial charge in [0.25, 0.3) is 0 Å². The van der Waals surface area contributed by atoms with E-state index in [0.717, 1.165) is 12.0 Å². The predicted molar refractivity (Wildman–Crippen MR) is 135 cm³/mol. The second-order valence-electron chi connectivity index (χ2n) is 9.76. The van der Waals surface area contributed by atoms with E-state index in [9.17, 15) is 19.5 Å². The van der Waals surface area contributed by atoms with Crippen molar-refractivity contribution >= 4 is 29.5 Å². The van der Waals surface area contributed by atoms with Crippen LogP contribution in [0.4, 0.5) is 0 Å². The average molecular weight is 501 g/mol. The minimum atomic E-state index is -0.661. The van der Waals surface area contributed by atoms with E-state index in [1.165, 1.54) is 0 Å². The Morgan fingerprint density at radius 1 is 1.31 bits per heavy atom. The van der Waals surface area contributed by atoms with E-state index < -0.39 is 22.6 Å². The molecule has 3 heterocycles. The zero-order valence-corrected chi connectivity index (χ0v) is 21.4. The molecule has 2 amide bonds. The van der Waals surface area contributed by atoms with Gasteiger partial charge in [0.15, 0.2) is 0 Å². The lowest BCUT2D eigenvalue weighted by Gasteiger charge is -2.40. The molecule has 1 N–H and O–H groups in total. The number of thioether (sulfide) groups is 1. The number of benzene rings is 1. The van der Waals surface area contributed by atoms with Gasteiger partial charge in [-0.3, -0.25) is 14.4 Å². The number of carbonyl (C=O) groups is 3. The molecule has 3 unspecified atom stereocenters. The summed E-state index contributed by atoms with van der Waals surface area (Å²) in [5.74, 6) is -1.53. The van der Waals surface area contributed by atoms with E-state index in [4.69, 9.17) is 4.74 Å². The lowest BCUT2D eigenvalue weighted by atomic mass is 9.66. The first kappa shape index (κ1) is 25.8. The number of rotatable bonds is 11. The van der Waals surface area contributed by atoms with Crippen LogP contribution in [0.3, 0.4) is 0 Å². The zero-order valence-electron chi connectivity index (χ0n) is 20.6. The first-order valence-corrected chi connectivity index (χ1v) is 13.5. The van der Waals surface area contributed by atoms with Crippen LogP contribution in [0.2, 0.25) is 0 Å². The number of aliphatic hydroxyl groups is 1. The van der Waals surface area contributed by atoms with Gasteiger partial charge in [-0.2, -0.15) is 0 Å². The van der Waals surface area contributed by atoms with E-state index in [2.05, 4.69) is 13.5 Å². The lowest BCUT2D eigenvalue weighted by molar-refractivity contribution is -0.154.